The maximum absolute atomic E-state index is 12.6. The summed E-state index contributed by atoms with van der Waals surface area (Å²) in [5.41, 5.74) is 5.02. The van der Waals surface area contributed by atoms with Crippen molar-refractivity contribution in [3.8, 4) is 17.2 Å². The first-order chi connectivity index (χ1) is 17.0. The third-order valence-electron chi connectivity index (χ3n) is 5.21. The zero-order valence-electron chi connectivity index (χ0n) is 19.1. The average Bonchev–Trinajstić information content (AvgIpc) is 3.26. The quantitative estimate of drug-likeness (QED) is 0.272. The number of thioether (sulfide) groups is 1. The molecule has 7 heteroatoms. The Kier molecular flexibility index (Phi) is 7.99. The number of nitriles is 1. The minimum absolute atomic E-state index is 0.0952. The van der Waals surface area contributed by atoms with Crippen LogP contribution in [0.4, 0.5) is 10.7 Å². The van der Waals surface area contributed by atoms with Crippen molar-refractivity contribution in [1.29, 1.82) is 5.26 Å². The molecule has 0 saturated heterocycles. The van der Waals surface area contributed by atoms with Crippen molar-refractivity contribution in [3.05, 3.63) is 101 Å². The molecule has 1 aromatic heterocycles. The fourth-order valence-electron chi connectivity index (χ4n) is 3.47. The topological polar surface area (TPSA) is 82.0 Å². The van der Waals surface area contributed by atoms with Crippen molar-refractivity contribution in [2.75, 3.05) is 16.4 Å². The molecule has 0 aliphatic rings. The highest BCUT2D eigenvalue weighted by molar-refractivity contribution is 8.00. The Bertz CT molecular complexity index is 1370. The van der Waals surface area contributed by atoms with Crippen molar-refractivity contribution in [1.82, 2.24) is 0 Å². The molecule has 0 bridgehead atoms. The van der Waals surface area contributed by atoms with E-state index in [4.69, 9.17) is 0 Å². The third-order valence-corrected chi connectivity index (χ3v) is 7.10. The summed E-state index contributed by atoms with van der Waals surface area (Å²) in [6.07, 6.45) is 0.299. The molecule has 4 aromatic rings. The molecule has 0 atom stereocenters. The average molecular weight is 498 g/mol. The zero-order chi connectivity index (χ0) is 24.6. The second-order valence-corrected chi connectivity index (χ2v) is 9.83. The van der Waals surface area contributed by atoms with Gasteiger partial charge in [-0.15, -0.1) is 23.1 Å². The predicted molar refractivity (Wildman–Crippen MR) is 144 cm³/mol. The van der Waals surface area contributed by atoms with Crippen molar-refractivity contribution < 1.29 is 9.59 Å². The van der Waals surface area contributed by atoms with Crippen LogP contribution in [0.1, 0.15) is 16.7 Å². The molecule has 0 aliphatic heterocycles. The lowest BCUT2D eigenvalue weighted by Crippen LogP contribution is -2.15. The fourth-order valence-corrected chi connectivity index (χ4v) is 5.16. The van der Waals surface area contributed by atoms with Gasteiger partial charge in [-0.1, -0.05) is 66.2 Å². The first-order valence-corrected chi connectivity index (χ1v) is 12.8. The molecular weight excluding hydrogens is 474 g/mol. The number of carbonyl (C=O) groups is 2. The highest BCUT2D eigenvalue weighted by Crippen LogP contribution is 2.35. The summed E-state index contributed by atoms with van der Waals surface area (Å²) in [5, 5.41) is 17.9. The number of nitrogens with one attached hydrogen (secondary N) is 2. The number of aryl methyl sites for hydroxylation is 1. The largest absolute Gasteiger partial charge is 0.326 e. The van der Waals surface area contributed by atoms with E-state index in [9.17, 15) is 14.9 Å². The molecule has 0 fully saturated rings. The molecule has 0 unspecified atom stereocenters. The van der Waals surface area contributed by atoms with Gasteiger partial charge in [0, 0.05) is 21.5 Å². The molecule has 2 amide bonds. The minimum atomic E-state index is -0.192. The van der Waals surface area contributed by atoms with Crippen LogP contribution in [0.15, 0.2) is 89.1 Å². The van der Waals surface area contributed by atoms with Crippen LogP contribution in [0.3, 0.4) is 0 Å². The number of amides is 2. The number of carbonyl (C=O) groups excluding carboxylic acids is 2. The summed E-state index contributed by atoms with van der Waals surface area (Å²) in [6.45, 7) is 2.01. The first kappa shape index (κ1) is 24.3. The molecule has 5 nitrogen and oxygen atoms in total. The van der Waals surface area contributed by atoms with Crippen molar-refractivity contribution >= 4 is 45.6 Å². The van der Waals surface area contributed by atoms with Gasteiger partial charge in [0.15, 0.2) is 0 Å². The Balaban J connectivity index is 1.34. The summed E-state index contributed by atoms with van der Waals surface area (Å²) in [5.74, 6) is -0.103. The van der Waals surface area contributed by atoms with Gasteiger partial charge >= 0.3 is 0 Å². The summed E-state index contributed by atoms with van der Waals surface area (Å²) >= 11 is 2.72. The molecule has 35 heavy (non-hydrogen) atoms. The van der Waals surface area contributed by atoms with Gasteiger partial charge in [-0.05, 0) is 36.2 Å². The number of hydrogen-bond acceptors (Lipinski definition) is 5. The number of rotatable bonds is 8. The number of nitrogens with zero attached hydrogens (tertiary/aromatic N) is 1. The van der Waals surface area contributed by atoms with Crippen molar-refractivity contribution in [3.63, 3.8) is 0 Å². The number of benzene rings is 3. The lowest BCUT2D eigenvalue weighted by Gasteiger charge is -2.08. The normalized spacial score (nSPS) is 10.4. The van der Waals surface area contributed by atoms with E-state index in [-0.39, 0.29) is 17.6 Å². The van der Waals surface area contributed by atoms with Crippen LogP contribution in [-0.2, 0) is 16.0 Å². The van der Waals surface area contributed by atoms with Crippen LogP contribution in [0, 0.1) is 18.3 Å². The molecule has 0 saturated carbocycles. The zero-order valence-corrected chi connectivity index (χ0v) is 20.7. The van der Waals surface area contributed by atoms with Gasteiger partial charge in [0.05, 0.1) is 17.7 Å². The predicted octanol–water partition coefficient (Wildman–Crippen LogP) is 6.51. The molecule has 3 aromatic carbocycles. The van der Waals surface area contributed by atoms with Crippen molar-refractivity contribution in [2.24, 2.45) is 0 Å². The van der Waals surface area contributed by atoms with Gasteiger partial charge in [0.1, 0.15) is 11.1 Å². The summed E-state index contributed by atoms with van der Waals surface area (Å²) < 4.78 is 0. The third kappa shape index (κ3) is 6.60. The summed E-state index contributed by atoms with van der Waals surface area (Å²) in [7, 11) is 0. The van der Waals surface area contributed by atoms with Gasteiger partial charge in [-0.2, -0.15) is 5.26 Å². The van der Waals surface area contributed by atoms with Crippen molar-refractivity contribution in [2.45, 2.75) is 18.2 Å². The van der Waals surface area contributed by atoms with Gasteiger partial charge in [-0.25, -0.2) is 0 Å². The molecule has 0 spiro atoms. The lowest BCUT2D eigenvalue weighted by molar-refractivity contribution is -0.115. The Morgan fingerprint density at radius 1 is 0.943 bits per heavy atom. The fraction of sp³-hybridized carbons (Fsp3) is 0.107. The highest BCUT2D eigenvalue weighted by atomic mass is 32.2. The van der Waals surface area contributed by atoms with Gasteiger partial charge in [0.25, 0.3) is 0 Å². The second kappa shape index (κ2) is 11.5. The molecule has 2 N–H and O–H groups in total. The van der Waals surface area contributed by atoms with E-state index in [2.05, 4.69) is 16.7 Å². The molecule has 1 heterocycles. The Morgan fingerprint density at radius 3 is 2.46 bits per heavy atom. The Labute approximate surface area is 212 Å². The van der Waals surface area contributed by atoms with E-state index >= 15 is 0 Å². The van der Waals surface area contributed by atoms with Gasteiger partial charge in [0.2, 0.25) is 11.8 Å². The van der Waals surface area contributed by atoms with E-state index in [1.807, 2.05) is 91.2 Å². The highest BCUT2D eigenvalue weighted by Gasteiger charge is 2.15. The van der Waals surface area contributed by atoms with E-state index < -0.39 is 0 Å². The van der Waals surface area contributed by atoms with Crippen LogP contribution in [-0.4, -0.2) is 17.6 Å². The summed E-state index contributed by atoms with van der Waals surface area (Å²) in [4.78, 5) is 25.8. The minimum Gasteiger partial charge on any atom is -0.326 e. The Hall–Kier alpha value is -3.86. The van der Waals surface area contributed by atoms with E-state index in [1.54, 1.807) is 0 Å². The van der Waals surface area contributed by atoms with E-state index in [0.29, 0.717) is 22.7 Å². The van der Waals surface area contributed by atoms with Crippen LogP contribution in [0.2, 0.25) is 0 Å². The lowest BCUT2D eigenvalue weighted by atomic mass is 10.0. The second-order valence-electron chi connectivity index (χ2n) is 7.91. The number of anilines is 2. The molecular formula is C28H23N3O2S2. The molecule has 0 radical (unpaired) electrons. The first-order valence-electron chi connectivity index (χ1n) is 11.0. The number of hydrogen-bond donors (Lipinski definition) is 2. The van der Waals surface area contributed by atoms with Gasteiger partial charge in [-0.3, -0.25) is 9.59 Å². The molecule has 0 aliphatic carbocycles. The molecule has 174 valence electrons. The SMILES string of the molecule is Cc1ccc(-c2csc(NC(=O)CSc3cccc(NC(=O)Cc4ccccc4)c3)c2C#N)cc1. The Morgan fingerprint density at radius 2 is 1.71 bits per heavy atom. The van der Waals surface area contributed by atoms with Gasteiger partial charge < -0.3 is 10.6 Å². The maximum atomic E-state index is 12.6. The van der Waals surface area contributed by atoms with Crippen LogP contribution < -0.4 is 10.6 Å². The maximum Gasteiger partial charge on any atom is 0.235 e. The van der Waals surface area contributed by atoms with E-state index in [0.717, 1.165) is 27.1 Å². The van der Waals surface area contributed by atoms with Crippen LogP contribution in [0.25, 0.3) is 11.1 Å². The van der Waals surface area contributed by atoms with Crippen LogP contribution >= 0.6 is 23.1 Å². The van der Waals surface area contributed by atoms with Crippen LogP contribution in [0.5, 0.6) is 0 Å². The number of thiophene rings is 1. The van der Waals surface area contributed by atoms with E-state index in [1.165, 1.54) is 23.1 Å². The molecule has 4 rings (SSSR count). The summed E-state index contributed by atoms with van der Waals surface area (Å²) in [6, 6.07) is 27.2. The standard InChI is InChI=1S/C28H23N3O2S2/c1-19-10-12-21(13-11-19)25-17-35-28(24(25)16-29)31-27(33)18-34-23-9-5-8-22(15-23)30-26(32)14-20-6-3-2-4-7-20/h2-13,15,17H,14,18H2,1H3,(H,30,32)(H,31,33). The smallest absolute Gasteiger partial charge is 0.235 e. The monoisotopic (exact) mass is 497 g/mol.